The minimum atomic E-state index is -0.216. The number of hydrogen-bond donors (Lipinski definition) is 1. The van der Waals surface area contributed by atoms with Gasteiger partial charge >= 0.3 is 0 Å². The number of pyridine rings is 1. The number of halogens is 1. The molecule has 0 atom stereocenters. The second kappa shape index (κ2) is 5.66. The molecule has 0 amide bonds. The molecular weight excluding hydrogens is 265 g/mol. The van der Waals surface area contributed by atoms with Crippen LogP contribution in [0.25, 0.3) is 5.65 Å². The summed E-state index contributed by atoms with van der Waals surface area (Å²) in [6.45, 7) is 2.63. The van der Waals surface area contributed by atoms with E-state index in [9.17, 15) is 4.39 Å². The molecule has 3 aromatic rings. The highest BCUT2D eigenvalue weighted by atomic mass is 19.1. The summed E-state index contributed by atoms with van der Waals surface area (Å²) in [5, 5.41) is 0. The van der Waals surface area contributed by atoms with Gasteiger partial charge in [-0.1, -0.05) is 18.2 Å². The van der Waals surface area contributed by atoms with Gasteiger partial charge < -0.3 is 10.1 Å². The lowest BCUT2D eigenvalue weighted by Gasteiger charge is -2.04. The molecule has 0 bridgehead atoms. The molecule has 4 heteroatoms. The van der Waals surface area contributed by atoms with E-state index in [0.29, 0.717) is 13.0 Å². The van der Waals surface area contributed by atoms with E-state index in [1.54, 1.807) is 12.1 Å². The molecule has 0 saturated heterocycles. The summed E-state index contributed by atoms with van der Waals surface area (Å²) in [7, 11) is 0. The third-order valence-corrected chi connectivity index (χ3v) is 3.69. The Morgan fingerprint density at radius 2 is 1.95 bits per heavy atom. The van der Waals surface area contributed by atoms with Crippen molar-refractivity contribution in [2.24, 2.45) is 5.73 Å². The van der Waals surface area contributed by atoms with E-state index in [1.807, 2.05) is 12.3 Å². The predicted molar refractivity (Wildman–Crippen MR) is 81.9 cm³/mol. The van der Waals surface area contributed by atoms with Gasteiger partial charge in [0, 0.05) is 24.7 Å². The first-order valence-electron chi connectivity index (χ1n) is 7.09. The van der Waals surface area contributed by atoms with Gasteiger partial charge in [-0.05, 0) is 42.8 Å². The number of rotatable bonds is 4. The van der Waals surface area contributed by atoms with Crippen LogP contribution in [0.5, 0.6) is 0 Å². The summed E-state index contributed by atoms with van der Waals surface area (Å²) in [6.07, 6.45) is 3.49. The lowest BCUT2D eigenvalue weighted by molar-refractivity contribution is 0.627. The second-order valence-corrected chi connectivity index (χ2v) is 5.23. The van der Waals surface area contributed by atoms with E-state index < -0.39 is 0 Å². The lowest BCUT2D eigenvalue weighted by atomic mass is 10.1. The fraction of sp³-hybridized carbons (Fsp3) is 0.235. The van der Waals surface area contributed by atoms with Crippen LogP contribution in [-0.2, 0) is 12.8 Å². The Bertz CT molecular complexity index is 760. The van der Waals surface area contributed by atoms with Crippen LogP contribution in [-0.4, -0.2) is 15.9 Å². The molecule has 2 aromatic heterocycles. The topological polar surface area (TPSA) is 43.3 Å². The molecule has 0 aliphatic rings. The predicted octanol–water partition coefficient (Wildman–Crippen LogP) is 2.87. The van der Waals surface area contributed by atoms with Crippen molar-refractivity contribution in [1.29, 1.82) is 0 Å². The maximum Gasteiger partial charge on any atom is 0.140 e. The van der Waals surface area contributed by atoms with Crippen LogP contribution in [0.3, 0.4) is 0 Å². The molecule has 3 rings (SSSR count). The van der Waals surface area contributed by atoms with Gasteiger partial charge in [-0.3, -0.25) is 0 Å². The van der Waals surface area contributed by atoms with Gasteiger partial charge in [-0.25, -0.2) is 9.37 Å². The monoisotopic (exact) mass is 283 g/mol. The molecule has 0 aliphatic heterocycles. The first-order chi connectivity index (χ1) is 10.2. The van der Waals surface area contributed by atoms with Crippen molar-refractivity contribution >= 4 is 5.65 Å². The van der Waals surface area contributed by atoms with E-state index in [4.69, 9.17) is 10.7 Å². The number of imidazole rings is 1. The van der Waals surface area contributed by atoms with Crippen LogP contribution in [0.15, 0.2) is 42.6 Å². The van der Waals surface area contributed by atoms with E-state index in [2.05, 4.69) is 17.4 Å². The Morgan fingerprint density at radius 1 is 1.19 bits per heavy atom. The highest BCUT2D eigenvalue weighted by Crippen LogP contribution is 2.19. The van der Waals surface area contributed by atoms with E-state index >= 15 is 0 Å². The van der Waals surface area contributed by atoms with E-state index in [-0.39, 0.29) is 5.82 Å². The van der Waals surface area contributed by atoms with Crippen LogP contribution in [0.4, 0.5) is 4.39 Å². The molecule has 0 spiro atoms. The summed E-state index contributed by atoms with van der Waals surface area (Å²) in [5.41, 5.74) is 11.1. The van der Waals surface area contributed by atoms with Crippen molar-refractivity contribution < 1.29 is 4.39 Å². The standard InChI is InChI=1S/C17H18FN3/c1-12-3-2-10-21-16(8-9-19)15(20-17(12)21)11-13-4-6-14(18)7-5-13/h2-7,10H,8-9,11,19H2,1H3. The van der Waals surface area contributed by atoms with Crippen LogP contribution in [0.1, 0.15) is 22.5 Å². The van der Waals surface area contributed by atoms with Crippen molar-refractivity contribution in [3.63, 3.8) is 0 Å². The zero-order valence-electron chi connectivity index (χ0n) is 12.0. The first-order valence-corrected chi connectivity index (χ1v) is 7.09. The number of hydrogen-bond acceptors (Lipinski definition) is 2. The highest BCUT2D eigenvalue weighted by molar-refractivity contribution is 5.51. The number of nitrogens with two attached hydrogens (primary N) is 1. The second-order valence-electron chi connectivity index (χ2n) is 5.23. The van der Waals surface area contributed by atoms with Crippen LogP contribution in [0, 0.1) is 12.7 Å². The number of nitrogens with zero attached hydrogens (tertiary/aromatic N) is 2. The summed E-state index contributed by atoms with van der Waals surface area (Å²) in [6, 6.07) is 10.6. The fourth-order valence-corrected chi connectivity index (χ4v) is 2.64. The van der Waals surface area contributed by atoms with Gasteiger partial charge in [0.1, 0.15) is 11.5 Å². The quantitative estimate of drug-likeness (QED) is 0.800. The van der Waals surface area contributed by atoms with Crippen molar-refractivity contribution in [3.05, 3.63) is 70.9 Å². The first kappa shape index (κ1) is 13.8. The maximum atomic E-state index is 13.0. The molecule has 0 radical (unpaired) electrons. The number of fused-ring (bicyclic) bond motifs is 1. The van der Waals surface area contributed by atoms with Crippen LogP contribution in [0.2, 0.25) is 0 Å². The number of aryl methyl sites for hydroxylation is 1. The van der Waals surface area contributed by atoms with Crippen molar-refractivity contribution in [3.8, 4) is 0 Å². The Balaban J connectivity index is 2.06. The molecule has 0 saturated carbocycles. The molecule has 1 aromatic carbocycles. The Hall–Kier alpha value is -2.20. The van der Waals surface area contributed by atoms with Gasteiger partial charge in [0.2, 0.25) is 0 Å². The molecule has 2 heterocycles. The fourth-order valence-electron chi connectivity index (χ4n) is 2.64. The Morgan fingerprint density at radius 3 is 2.67 bits per heavy atom. The molecule has 21 heavy (non-hydrogen) atoms. The van der Waals surface area contributed by atoms with Gasteiger partial charge in [-0.2, -0.15) is 0 Å². The SMILES string of the molecule is Cc1cccn2c(CCN)c(Cc3ccc(F)cc3)nc12. The van der Waals surface area contributed by atoms with E-state index in [0.717, 1.165) is 34.6 Å². The molecule has 0 unspecified atom stereocenters. The van der Waals surface area contributed by atoms with Gasteiger partial charge in [0.15, 0.2) is 0 Å². The summed E-state index contributed by atoms with van der Waals surface area (Å²) >= 11 is 0. The maximum absolute atomic E-state index is 13.0. The summed E-state index contributed by atoms with van der Waals surface area (Å²) in [4.78, 5) is 4.76. The minimum Gasteiger partial charge on any atom is -0.330 e. The van der Waals surface area contributed by atoms with Crippen molar-refractivity contribution in [1.82, 2.24) is 9.38 Å². The van der Waals surface area contributed by atoms with Gasteiger partial charge in [-0.15, -0.1) is 0 Å². The lowest BCUT2D eigenvalue weighted by Crippen LogP contribution is -2.07. The Kier molecular flexibility index (Phi) is 3.71. The largest absolute Gasteiger partial charge is 0.330 e. The number of aromatic nitrogens is 2. The average Bonchev–Trinajstić information content (AvgIpc) is 2.82. The smallest absolute Gasteiger partial charge is 0.140 e. The van der Waals surface area contributed by atoms with Crippen molar-refractivity contribution in [2.45, 2.75) is 19.8 Å². The van der Waals surface area contributed by atoms with Crippen LogP contribution >= 0.6 is 0 Å². The zero-order chi connectivity index (χ0) is 14.8. The number of benzene rings is 1. The zero-order valence-corrected chi connectivity index (χ0v) is 12.0. The third-order valence-electron chi connectivity index (χ3n) is 3.69. The summed E-state index contributed by atoms with van der Waals surface area (Å²) < 4.78 is 15.1. The minimum absolute atomic E-state index is 0.216. The molecule has 0 fully saturated rings. The molecular formula is C17H18FN3. The summed E-state index contributed by atoms with van der Waals surface area (Å²) in [5.74, 6) is -0.216. The highest BCUT2D eigenvalue weighted by Gasteiger charge is 2.13. The van der Waals surface area contributed by atoms with Crippen molar-refractivity contribution in [2.75, 3.05) is 6.54 Å². The van der Waals surface area contributed by atoms with Crippen LogP contribution < -0.4 is 5.73 Å². The molecule has 3 nitrogen and oxygen atoms in total. The van der Waals surface area contributed by atoms with E-state index in [1.165, 1.54) is 12.1 Å². The average molecular weight is 283 g/mol. The molecule has 108 valence electrons. The van der Waals surface area contributed by atoms with Gasteiger partial charge in [0.05, 0.1) is 5.69 Å². The van der Waals surface area contributed by atoms with Gasteiger partial charge in [0.25, 0.3) is 0 Å². The molecule has 2 N–H and O–H groups in total. The normalized spacial score (nSPS) is 11.2. The Labute approximate surface area is 123 Å². The third kappa shape index (κ3) is 2.67. The molecule has 0 aliphatic carbocycles.